The lowest BCUT2D eigenvalue weighted by Crippen LogP contribution is -2.24. The van der Waals surface area contributed by atoms with Gasteiger partial charge in [-0.1, -0.05) is 0 Å². The van der Waals surface area contributed by atoms with Crippen LogP contribution in [-0.2, 0) is 4.74 Å². The second-order valence-corrected chi connectivity index (χ2v) is 2.48. The van der Waals surface area contributed by atoms with Gasteiger partial charge in [0.05, 0.1) is 25.9 Å². The molecule has 3 N–H and O–H groups in total. The molecule has 4 nitrogen and oxygen atoms in total. The molecule has 0 rings (SSSR count). The van der Waals surface area contributed by atoms with Crippen molar-refractivity contribution in [3.63, 3.8) is 0 Å². The summed E-state index contributed by atoms with van der Waals surface area (Å²) in [5, 5.41) is 19.9. The molecule has 0 aromatic heterocycles. The molecule has 0 amide bonds. The van der Waals surface area contributed by atoms with Crippen molar-refractivity contribution in [2.45, 2.75) is 12.5 Å². The quantitative estimate of drug-likeness (QED) is 0.422. The maximum absolute atomic E-state index is 8.43. The van der Waals surface area contributed by atoms with Gasteiger partial charge in [0.1, 0.15) is 0 Å². The molecular formula is C8H18NO3. The van der Waals surface area contributed by atoms with E-state index in [2.05, 4.69) is 12.2 Å². The average Bonchev–Trinajstić information content (AvgIpc) is 2.09. The SMILES string of the molecule is [CH2]C(CCNCCO)OCCO. The highest BCUT2D eigenvalue weighted by Gasteiger charge is 1.99. The fraction of sp³-hybridized carbons (Fsp3) is 0.875. The molecule has 0 heterocycles. The molecular weight excluding hydrogens is 158 g/mol. The van der Waals surface area contributed by atoms with Gasteiger partial charge in [-0.15, -0.1) is 0 Å². The van der Waals surface area contributed by atoms with Gasteiger partial charge < -0.3 is 20.3 Å². The molecule has 0 aliphatic carbocycles. The van der Waals surface area contributed by atoms with Crippen molar-refractivity contribution in [2.24, 2.45) is 0 Å². The van der Waals surface area contributed by atoms with Gasteiger partial charge in [0.2, 0.25) is 0 Å². The molecule has 0 saturated heterocycles. The maximum Gasteiger partial charge on any atom is 0.0701 e. The molecule has 0 fully saturated rings. The van der Waals surface area contributed by atoms with Gasteiger partial charge in [-0.25, -0.2) is 0 Å². The zero-order valence-corrected chi connectivity index (χ0v) is 7.33. The van der Waals surface area contributed by atoms with Crippen LogP contribution in [0.1, 0.15) is 6.42 Å². The van der Waals surface area contributed by atoms with Gasteiger partial charge in [0.25, 0.3) is 0 Å². The fourth-order valence-electron chi connectivity index (χ4n) is 0.770. The van der Waals surface area contributed by atoms with E-state index < -0.39 is 0 Å². The van der Waals surface area contributed by atoms with Crippen molar-refractivity contribution >= 4 is 0 Å². The molecule has 12 heavy (non-hydrogen) atoms. The van der Waals surface area contributed by atoms with E-state index >= 15 is 0 Å². The van der Waals surface area contributed by atoms with Gasteiger partial charge >= 0.3 is 0 Å². The summed E-state index contributed by atoms with van der Waals surface area (Å²) >= 11 is 0. The van der Waals surface area contributed by atoms with Gasteiger partial charge in [-0.2, -0.15) is 0 Å². The molecule has 0 bridgehead atoms. The number of rotatable bonds is 8. The third-order valence-corrected chi connectivity index (χ3v) is 1.38. The van der Waals surface area contributed by atoms with Crippen LogP contribution in [0.3, 0.4) is 0 Å². The van der Waals surface area contributed by atoms with Crippen molar-refractivity contribution < 1.29 is 14.9 Å². The van der Waals surface area contributed by atoms with E-state index in [1.165, 1.54) is 0 Å². The highest BCUT2D eigenvalue weighted by atomic mass is 16.5. The van der Waals surface area contributed by atoms with Gasteiger partial charge in [-0.05, 0) is 19.9 Å². The predicted molar refractivity (Wildman–Crippen MR) is 46.8 cm³/mol. The van der Waals surface area contributed by atoms with Crippen LogP contribution in [-0.4, -0.2) is 49.2 Å². The summed E-state index contributed by atoms with van der Waals surface area (Å²) in [5.41, 5.74) is 0. The standard InChI is InChI=1S/C8H18NO3/c1-8(12-7-6-11)2-3-9-4-5-10/h8-11H,1-7H2. The molecule has 73 valence electrons. The summed E-state index contributed by atoms with van der Waals surface area (Å²) in [4.78, 5) is 0. The second kappa shape index (κ2) is 8.93. The molecule has 0 aliphatic rings. The number of ether oxygens (including phenoxy) is 1. The molecule has 0 aromatic rings. The minimum absolute atomic E-state index is 0.0378. The maximum atomic E-state index is 8.43. The molecule has 0 spiro atoms. The number of hydrogen-bond acceptors (Lipinski definition) is 4. The van der Waals surface area contributed by atoms with E-state index in [-0.39, 0.29) is 19.3 Å². The van der Waals surface area contributed by atoms with Crippen LogP contribution in [0.4, 0.5) is 0 Å². The van der Waals surface area contributed by atoms with Crippen LogP contribution < -0.4 is 5.32 Å². The zero-order chi connectivity index (χ0) is 9.23. The van der Waals surface area contributed by atoms with Crippen LogP contribution in [0.2, 0.25) is 0 Å². The van der Waals surface area contributed by atoms with E-state index in [0.717, 1.165) is 13.0 Å². The van der Waals surface area contributed by atoms with Crippen molar-refractivity contribution in [1.29, 1.82) is 0 Å². The van der Waals surface area contributed by atoms with Crippen molar-refractivity contribution in [3.05, 3.63) is 6.92 Å². The highest BCUT2D eigenvalue weighted by molar-refractivity contribution is 4.61. The Morgan fingerprint density at radius 3 is 2.58 bits per heavy atom. The fourth-order valence-corrected chi connectivity index (χ4v) is 0.770. The first kappa shape index (κ1) is 11.8. The Labute approximate surface area is 73.5 Å². The van der Waals surface area contributed by atoms with E-state index in [4.69, 9.17) is 14.9 Å². The third kappa shape index (κ3) is 7.94. The Bertz CT molecular complexity index is 90.4. The normalized spacial score (nSPS) is 13.2. The summed E-state index contributed by atoms with van der Waals surface area (Å²) < 4.78 is 5.11. The summed E-state index contributed by atoms with van der Waals surface area (Å²) in [5.74, 6) is 0. The van der Waals surface area contributed by atoms with Gasteiger partial charge in [-0.3, -0.25) is 0 Å². The summed E-state index contributed by atoms with van der Waals surface area (Å²) in [7, 11) is 0. The third-order valence-electron chi connectivity index (χ3n) is 1.38. The minimum Gasteiger partial charge on any atom is -0.395 e. The van der Waals surface area contributed by atoms with Crippen molar-refractivity contribution in [3.8, 4) is 0 Å². The average molecular weight is 176 g/mol. The Hall–Kier alpha value is -0.160. The molecule has 1 unspecified atom stereocenters. The number of aliphatic hydroxyl groups excluding tert-OH is 2. The minimum atomic E-state index is -0.0802. The monoisotopic (exact) mass is 176 g/mol. The van der Waals surface area contributed by atoms with Crippen LogP contribution in [0.25, 0.3) is 0 Å². The van der Waals surface area contributed by atoms with Crippen LogP contribution in [0, 0.1) is 6.92 Å². The Kier molecular flexibility index (Phi) is 8.81. The number of aliphatic hydroxyl groups is 2. The van der Waals surface area contributed by atoms with Gasteiger partial charge in [0.15, 0.2) is 0 Å². The molecule has 4 heteroatoms. The van der Waals surface area contributed by atoms with E-state index in [1.54, 1.807) is 0 Å². The molecule has 1 atom stereocenters. The first-order valence-electron chi connectivity index (χ1n) is 4.18. The first-order chi connectivity index (χ1) is 5.81. The summed E-state index contributed by atoms with van der Waals surface area (Å²) in [6.45, 7) is 5.65. The largest absolute Gasteiger partial charge is 0.395 e. The number of hydrogen-bond donors (Lipinski definition) is 3. The molecule has 1 radical (unpaired) electrons. The Balaban J connectivity index is 3.02. The van der Waals surface area contributed by atoms with E-state index in [0.29, 0.717) is 13.2 Å². The second-order valence-electron chi connectivity index (χ2n) is 2.48. The van der Waals surface area contributed by atoms with Gasteiger partial charge in [0, 0.05) is 6.54 Å². The number of nitrogens with one attached hydrogen (secondary N) is 1. The predicted octanol–water partition coefficient (Wildman–Crippen LogP) is -0.830. The highest BCUT2D eigenvalue weighted by Crippen LogP contribution is 1.94. The molecule has 0 aromatic carbocycles. The molecule has 0 aliphatic heterocycles. The Morgan fingerprint density at radius 1 is 1.25 bits per heavy atom. The zero-order valence-electron chi connectivity index (χ0n) is 7.33. The summed E-state index contributed by atoms with van der Waals surface area (Å²) in [6, 6.07) is 0. The molecule has 0 saturated carbocycles. The smallest absolute Gasteiger partial charge is 0.0701 e. The first-order valence-corrected chi connectivity index (χ1v) is 4.18. The van der Waals surface area contributed by atoms with Crippen molar-refractivity contribution in [2.75, 3.05) is 32.9 Å². The van der Waals surface area contributed by atoms with E-state index in [1.807, 2.05) is 0 Å². The van der Waals surface area contributed by atoms with Crippen LogP contribution >= 0.6 is 0 Å². The van der Waals surface area contributed by atoms with Crippen LogP contribution in [0.15, 0.2) is 0 Å². The summed E-state index contributed by atoms with van der Waals surface area (Å²) in [6.07, 6.45) is 0.711. The lowest BCUT2D eigenvalue weighted by Gasteiger charge is -2.11. The lowest BCUT2D eigenvalue weighted by molar-refractivity contribution is 0.0488. The van der Waals surface area contributed by atoms with E-state index in [9.17, 15) is 0 Å². The van der Waals surface area contributed by atoms with Crippen LogP contribution in [0.5, 0.6) is 0 Å². The van der Waals surface area contributed by atoms with Crippen molar-refractivity contribution in [1.82, 2.24) is 5.32 Å². The lowest BCUT2D eigenvalue weighted by atomic mass is 10.3. The Morgan fingerprint density at radius 2 is 2.00 bits per heavy atom. The topological polar surface area (TPSA) is 61.7 Å².